The first-order chi connectivity index (χ1) is 11.6. The second-order valence-electron chi connectivity index (χ2n) is 5.76. The number of methoxy groups -OCH3 is 1. The van der Waals surface area contributed by atoms with Gasteiger partial charge in [-0.25, -0.2) is 0 Å². The number of halogens is 1. The normalized spacial score (nSPS) is 15.3. The van der Waals surface area contributed by atoms with Gasteiger partial charge in [0.1, 0.15) is 0 Å². The van der Waals surface area contributed by atoms with Gasteiger partial charge in [-0.3, -0.25) is 9.59 Å². The fraction of sp³-hybridized carbons (Fsp3) is 0.333. The summed E-state index contributed by atoms with van der Waals surface area (Å²) in [4.78, 5) is 27.8. The summed E-state index contributed by atoms with van der Waals surface area (Å²) in [7, 11) is 1.41. The van der Waals surface area contributed by atoms with E-state index < -0.39 is 0 Å². The molecule has 4 nitrogen and oxygen atoms in total. The SMILES string of the molecule is COC(=O)C1CCN(C(=O)c2ccc(-c3ccc(Cl)cc3)s2)CC1. The lowest BCUT2D eigenvalue weighted by atomic mass is 9.97. The molecule has 6 heteroatoms. The molecule has 0 radical (unpaired) electrons. The molecule has 0 bridgehead atoms. The van der Waals surface area contributed by atoms with Gasteiger partial charge in [0.05, 0.1) is 17.9 Å². The van der Waals surface area contributed by atoms with E-state index in [9.17, 15) is 9.59 Å². The van der Waals surface area contributed by atoms with Crippen molar-refractivity contribution in [2.24, 2.45) is 5.92 Å². The van der Waals surface area contributed by atoms with Crippen LogP contribution in [0.3, 0.4) is 0 Å². The molecular formula is C18H18ClNO3S. The van der Waals surface area contributed by atoms with Crippen LogP contribution in [0.2, 0.25) is 5.02 Å². The second kappa shape index (κ2) is 7.36. The van der Waals surface area contributed by atoms with Gasteiger partial charge in [0, 0.05) is 23.0 Å². The lowest BCUT2D eigenvalue weighted by Crippen LogP contribution is -2.40. The summed E-state index contributed by atoms with van der Waals surface area (Å²) in [5.74, 6) is -0.237. The molecule has 2 aromatic rings. The fourth-order valence-electron chi connectivity index (χ4n) is 2.86. The van der Waals surface area contributed by atoms with Crippen LogP contribution in [-0.4, -0.2) is 37.0 Å². The molecule has 3 rings (SSSR count). The molecule has 1 aliphatic rings. The minimum absolute atomic E-state index is 0.0310. The Balaban J connectivity index is 1.66. The number of hydrogen-bond acceptors (Lipinski definition) is 4. The van der Waals surface area contributed by atoms with Gasteiger partial charge in [-0.05, 0) is 42.7 Å². The predicted octanol–water partition coefficient (Wildman–Crippen LogP) is 4.09. The molecule has 0 N–H and O–H groups in total. The first-order valence-electron chi connectivity index (χ1n) is 7.81. The predicted molar refractivity (Wildman–Crippen MR) is 95.4 cm³/mol. The number of ether oxygens (including phenoxy) is 1. The number of benzene rings is 1. The van der Waals surface area contributed by atoms with Gasteiger partial charge in [0.15, 0.2) is 0 Å². The first kappa shape index (κ1) is 17.0. The number of amides is 1. The van der Waals surface area contributed by atoms with Crippen molar-refractivity contribution in [2.45, 2.75) is 12.8 Å². The summed E-state index contributed by atoms with van der Waals surface area (Å²) in [5.41, 5.74) is 1.05. The topological polar surface area (TPSA) is 46.6 Å². The Morgan fingerprint density at radius 2 is 1.79 bits per heavy atom. The molecule has 24 heavy (non-hydrogen) atoms. The van der Waals surface area contributed by atoms with Crippen LogP contribution in [0.25, 0.3) is 10.4 Å². The fourth-order valence-corrected chi connectivity index (χ4v) is 3.97. The van der Waals surface area contributed by atoms with E-state index in [4.69, 9.17) is 16.3 Å². The lowest BCUT2D eigenvalue weighted by molar-refractivity contribution is -0.146. The monoisotopic (exact) mass is 363 g/mol. The molecule has 126 valence electrons. The molecule has 0 spiro atoms. The van der Waals surface area contributed by atoms with E-state index in [1.54, 1.807) is 0 Å². The maximum atomic E-state index is 12.6. The zero-order valence-corrected chi connectivity index (χ0v) is 14.9. The standard InChI is InChI=1S/C18H18ClNO3S/c1-23-18(22)13-8-10-20(11-9-13)17(21)16-7-6-15(24-16)12-2-4-14(19)5-3-12/h2-7,13H,8-11H2,1H3. The highest BCUT2D eigenvalue weighted by Crippen LogP contribution is 2.30. The van der Waals surface area contributed by atoms with Gasteiger partial charge in [-0.2, -0.15) is 0 Å². The highest BCUT2D eigenvalue weighted by Gasteiger charge is 2.28. The molecule has 1 fully saturated rings. The third-order valence-corrected chi connectivity index (χ3v) is 5.64. The quantitative estimate of drug-likeness (QED) is 0.771. The van der Waals surface area contributed by atoms with Crippen LogP contribution in [0, 0.1) is 5.92 Å². The Labute approximate surface area is 150 Å². The number of likely N-dealkylation sites (tertiary alicyclic amines) is 1. The van der Waals surface area contributed by atoms with Crippen molar-refractivity contribution in [3.63, 3.8) is 0 Å². The number of rotatable bonds is 3. The number of nitrogens with zero attached hydrogens (tertiary/aromatic N) is 1. The molecule has 1 amide bonds. The van der Waals surface area contributed by atoms with E-state index in [1.165, 1.54) is 18.4 Å². The van der Waals surface area contributed by atoms with Crippen LogP contribution < -0.4 is 0 Å². The minimum Gasteiger partial charge on any atom is -0.469 e. The largest absolute Gasteiger partial charge is 0.469 e. The number of piperidine rings is 1. The number of thiophene rings is 1. The molecule has 1 aliphatic heterocycles. The molecule has 1 aromatic carbocycles. The van der Waals surface area contributed by atoms with Crippen LogP contribution in [0.15, 0.2) is 36.4 Å². The lowest BCUT2D eigenvalue weighted by Gasteiger charge is -2.30. The van der Waals surface area contributed by atoms with Crippen LogP contribution in [0.1, 0.15) is 22.5 Å². The maximum Gasteiger partial charge on any atom is 0.308 e. The Hall–Kier alpha value is -1.85. The van der Waals surface area contributed by atoms with Crippen molar-refractivity contribution in [3.05, 3.63) is 46.3 Å². The summed E-state index contributed by atoms with van der Waals surface area (Å²) in [6, 6.07) is 11.4. The van der Waals surface area contributed by atoms with Gasteiger partial charge in [-0.1, -0.05) is 23.7 Å². The van der Waals surface area contributed by atoms with Crippen molar-refractivity contribution >= 4 is 34.8 Å². The smallest absolute Gasteiger partial charge is 0.308 e. The van der Waals surface area contributed by atoms with Crippen LogP contribution in [0.4, 0.5) is 0 Å². The Morgan fingerprint density at radius 3 is 2.42 bits per heavy atom. The summed E-state index contributed by atoms with van der Waals surface area (Å²) in [5, 5.41) is 0.695. The molecule has 0 atom stereocenters. The van der Waals surface area contributed by atoms with E-state index in [-0.39, 0.29) is 17.8 Å². The molecular weight excluding hydrogens is 346 g/mol. The molecule has 0 aliphatic carbocycles. The zero-order chi connectivity index (χ0) is 17.1. The second-order valence-corrected chi connectivity index (χ2v) is 7.28. The van der Waals surface area contributed by atoms with Gasteiger partial charge in [0.25, 0.3) is 5.91 Å². The number of esters is 1. The summed E-state index contributed by atoms with van der Waals surface area (Å²) in [6.07, 6.45) is 1.32. The van der Waals surface area contributed by atoms with Gasteiger partial charge >= 0.3 is 5.97 Å². The molecule has 0 saturated carbocycles. The zero-order valence-electron chi connectivity index (χ0n) is 13.3. The Morgan fingerprint density at radius 1 is 1.12 bits per heavy atom. The van der Waals surface area contributed by atoms with E-state index in [1.807, 2.05) is 41.3 Å². The number of carbonyl (C=O) groups excluding carboxylic acids is 2. The van der Waals surface area contributed by atoms with Crippen molar-refractivity contribution in [1.82, 2.24) is 4.90 Å². The number of hydrogen-bond donors (Lipinski definition) is 0. The highest BCUT2D eigenvalue weighted by molar-refractivity contribution is 7.17. The average molecular weight is 364 g/mol. The van der Waals surface area contributed by atoms with E-state index in [0.29, 0.717) is 31.0 Å². The van der Waals surface area contributed by atoms with Crippen molar-refractivity contribution in [1.29, 1.82) is 0 Å². The van der Waals surface area contributed by atoms with E-state index in [0.717, 1.165) is 15.3 Å². The Kier molecular flexibility index (Phi) is 5.21. The van der Waals surface area contributed by atoms with E-state index in [2.05, 4.69) is 0 Å². The molecule has 0 unspecified atom stereocenters. The van der Waals surface area contributed by atoms with Crippen molar-refractivity contribution in [2.75, 3.05) is 20.2 Å². The van der Waals surface area contributed by atoms with Gasteiger partial charge in [-0.15, -0.1) is 11.3 Å². The highest BCUT2D eigenvalue weighted by atomic mass is 35.5. The third kappa shape index (κ3) is 3.62. The average Bonchev–Trinajstić information content (AvgIpc) is 3.11. The number of carbonyl (C=O) groups is 2. The maximum absolute atomic E-state index is 12.6. The van der Waals surface area contributed by atoms with Crippen LogP contribution in [0.5, 0.6) is 0 Å². The summed E-state index contributed by atoms with van der Waals surface area (Å²) >= 11 is 7.39. The molecule has 1 saturated heterocycles. The minimum atomic E-state index is -0.178. The Bertz CT molecular complexity index is 733. The summed E-state index contributed by atoms with van der Waals surface area (Å²) < 4.78 is 4.78. The van der Waals surface area contributed by atoms with Crippen molar-refractivity contribution < 1.29 is 14.3 Å². The summed E-state index contributed by atoms with van der Waals surface area (Å²) in [6.45, 7) is 1.18. The van der Waals surface area contributed by atoms with Crippen LogP contribution >= 0.6 is 22.9 Å². The first-order valence-corrected chi connectivity index (χ1v) is 9.01. The van der Waals surface area contributed by atoms with E-state index >= 15 is 0 Å². The molecule has 2 heterocycles. The van der Waals surface area contributed by atoms with Gasteiger partial charge in [0.2, 0.25) is 0 Å². The van der Waals surface area contributed by atoms with Crippen molar-refractivity contribution in [3.8, 4) is 10.4 Å². The molecule has 1 aromatic heterocycles. The third-order valence-electron chi connectivity index (χ3n) is 4.26. The van der Waals surface area contributed by atoms with Gasteiger partial charge < -0.3 is 9.64 Å². The van der Waals surface area contributed by atoms with Crippen LogP contribution in [-0.2, 0) is 9.53 Å².